The van der Waals surface area contributed by atoms with Crippen LogP contribution in [-0.4, -0.2) is 49.3 Å². The fraction of sp³-hybridized carbons (Fsp3) is 0.588. The first-order valence-electron chi connectivity index (χ1n) is 8.59. The van der Waals surface area contributed by atoms with E-state index in [0.717, 1.165) is 5.57 Å². The summed E-state index contributed by atoms with van der Waals surface area (Å²) in [5, 5.41) is 32.6. The van der Waals surface area contributed by atoms with Crippen LogP contribution in [0.2, 0.25) is 0 Å². The molecule has 0 unspecified atom stereocenters. The lowest BCUT2D eigenvalue weighted by Gasteiger charge is -2.28. The van der Waals surface area contributed by atoms with Crippen LogP contribution in [0.25, 0.3) is 0 Å². The number of aromatic nitrogens is 2. The standard InChI is InChI=1S/C17H23N3O6/c1-8(2)16(23)26-9-3-4-10-11(7-9)14(21)15(22)13(10)20-6-5-12(19-25)18-17(20)24/h4-6,8-9,11,13-15,21-22,25H,3,7H2,1-2H3,(H,18,19,24)/t9-,11+,13-,14-,15+/m1/s1. The summed E-state index contributed by atoms with van der Waals surface area (Å²) >= 11 is 0. The maximum absolute atomic E-state index is 12.2. The molecule has 1 saturated carbocycles. The van der Waals surface area contributed by atoms with Crippen molar-refractivity contribution in [3.63, 3.8) is 0 Å². The number of nitrogens with one attached hydrogen (secondary N) is 1. The second kappa shape index (κ2) is 7.08. The first-order chi connectivity index (χ1) is 12.3. The van der Waals surface area contributed by atoms with E-state index in [9.17, 15) is 19.8 Å². The van der Waals surface area contributed by atoms with Gasteiger partial charge in [-0.05, 0) is 12.0 Å². The third-order valence-electron chi connectivity index (χ3n) is 5.01. The van der Waals surface area contributed by atoms with Gasteiger partial charge in [0.25, 0.3) is 0 Å². The number of fused-ring (bicyclic) bond motifs is 1. The van der Waals surface area contributed by atoms with Gasteiger partial charge in [0.05, 0.1) is 18.1 Å². The molecule has 0 amide bonds. The predicted octanol–water partition coefficient (Wildman–Crippen LogP) is -0.353. The van der Waals surface area contributed by atoms with Crippen LogP contribution in [0.15, 0.2) is 33.9 Å². The molecule has 9 heteroatoms. The van der Waals surface area contributed by atoms with Crippen LogP contribution in [0, 0.1) is 11.8 Å². The third kappa shape index (κ3) is 3.19. The minimum atomic E-state index is -1.17. The summed E-state index contributed by atoms with van der Waals surface area (Å²) in [6.07, 6.45) is 1.48. The Morgan fingerprint density at radius 1 is 1.38 bits per heavy atom. The summed E-state index contributed by atoms with van der Waals surface area (Å²) in [7, 11) is 0. The molecule has 0 saturated heterocycles. The Kier molecular flexibility index (Phi) is 5.01. The number of ether oxygens (including phenoxy) is 1. The van der Waals surface area contributed by atoms with E-state index in [1.165, 1.54) is 16.8 Å². The SMILES string of the molecule is CC(C)C(=O)O[C@@H]1CC=C2[C@@H](n3cc/c(=N/O)[nH]c3=O)[C@H](O)[C@H](O)[C@H]2C1. The van der Waals surface area contributed by atoms with Crippen molar-refractivity contribution < 1.29 is 25.0 Å². The van der Waals surface area contributed by atoms with Gasteiger partial charge in [0, 0.05) is 24.6 Å². The monoisotopic (exact) mass is 365 g/mol. The molecular weight excluding hydrogens is 342 g/mol. The lowest BCUT2D eigenvalue weighted by molar-refractivity contribution is -0.154. The van der Waals surface area contributed by atoms with Crippen molar-refractivity contribution in [2.75, 3.05) is 0 Å². The molecule has 5 atom stereocenters. The highest BCUT2D eigenvalue weighted by Crippen LogP contribution is 2.45. The van der Waals surface area contributed by atoms with Crippen LogP contribution < -0.4 is 11.2 Å². The molecule has 4 N–H and O–H groups in total. The van der Waals surface area contributed by atoms with Gasteiger partial charge >= 0.3 is 11.7 Å². The highest BCUT2D eigenvalue weighted by atomic mass is 16.5. The molecule has 1 heterocycles. The molecule has 0 bridgehead atoms. The Morgan fingerprint density at radius 2 is 2.12 bits per heavy atom. The van der Waals surface area contributed by atoms with Crippen molar-refractivity contribution in [3.05, 3.63) is 39.9 Å². The molecule has 2 aliphatic carbocycles. The van der Waals surface area contributed by atoms with E-state index >= 15 is 0 Å². The van der Waals surface area contributed by atoms with E-state index in [1.807, 2.05) is 6.08 Å². The predicted molar refractivity (Wildman–Crippen MR) is 89.0 cm³/mol. The summed E-state index contributed by atoms with van der Waals surface area (Å²) in [5.74, 6) is -0.940. The molecule has 3 rings (SSSR count). The lowest BCUT2D eigenvalue weighted by atomic mass is 9.86. The van der Waals surface area contributed by atoms with Gasteiger partial charge in [-0.2, -0.15) is 0 Å². The number of hydrogen-bond donors (Lipinski definition) is 4. The van der Waals surface area contributed by atoms with Gasteiger partial charge in [-0.1, -0.05) is 25.1 Å². The first-order valence-corrected chi connectivity index (χ1v) is 8.59. The minimum Gasteiger partial charge on any atom is -0.462 e. The van der Waals surface area contributed by atoms with Crippen molar-refractivity contribution in [2.24, 2.45) is 17.0 Å². The van der Waals surface area contributed by atoms with E-state index < -0.39 is 29.9 Å². The first kappa shape index (κ1) is 18.4. The second-order valence-corrected chi connectivity index (χ2v) is 7.06. The van der Waals surface area contributed by atoms with E-state index in [2.05, 4.69) is 10.1 Å². The smallest absolute Gasteiger partial charge is 0.327 e. The maximum atomic E-state index is 12.2. The number of carbonyl (C=O) groups is 1. The van der Waals surface area contributed by atoms with E-state index in [1.54, 1.807) is 13.8 Å². The van der Waals surface area contributed by atoms with Crippen molar-refractivity contribution in [1.82, 2.24) is 9.55 Å². The molecule has 2 aliphatic rings. The summed E-state index contributed by atoms with van der Waals surface area (Å²) in [5.41, 5.74) is 0.173. The van der Waals surface area contributed by atoms with Gasteiger partial charge < -0.3 is 20.2 Å². The zero-order chi connectivity index (χ0) is 19.0. The summed E-state index contributed by atoms with van der Waals surface area (Å²) < 4.78 is 6.72. The number of esters is 1. The summed E-state index contributed by atoms with van der Waals surface area (Å²) in [4.78, 5) is 26.4. The molecular formula is C17H23N3O6. The minimum absolute atomic E-state index is 0.00544. The van der Waals surface area contributed by atoms with Crippen LogP contribution >= 0.6 is 0 Å². The van der Waals surface area contributed by atoms with Crippen molar-refractivity contribution in [1.29, 1.82) is 0 Å². The number of aliphatic hydroxyl groups excluding tert-OH is 2. The van der Waals surface area contributed by atoms with Gasteiger partial charge in [0.1, 0.15) is 12.2 Å². The molecule has 0 radical (unpaired) electrons. The van der Waals surface area contributed by atoms with Crippen LogP contribution in [0.3, 0.4) is 0 Å². The number of rotatable bonds is 3. The normalized spacial score (nSPS) is 31.7. The van der Waals surface area contributed by atoms with Gasteiger partial charge in [0.2, 0.25) is 0 Å². The van der Waals surface area contributed by atoms with Crippen molar-refractivity contribution in [3.8, 4) is 0 Å². The number of aromatic amines is 1. The van der Waals surface area contributed by atoms with Gasteiger partial charge in [-0.25, -0.2) is 4.79 Å². The van der Waals surface area contributed by atoms with Crippen LogP contribution in [0.1, 0.15) is 32.7 Å². The zero-order valence-electron chi connectivity index (χ0n) is 14.6. The highest BCUT2D eigenvalue weighted by Gasteiger charge is 2.49. The zero-order valence-corrected chi connectivity index (χ0v) is 14.6. The van der Waals surface area contributed by atoms with E-state index in [0.29, 0.717) is 12.8 Å². The van der Waals surface area contributed by atoms with Crippen LogP contribution in [0.5, 0.6) is 0 Å². The third-order valence-corrected chi connectivity index (χ3v) is 5.01. The van der Waals surface area contributed by atoms with Gasteiger partial charge in [0.15, 0.2) is 5.49 Å². The molecule has 1 aromatic rings. The summed E-state index contributed by atoms with van der Waals surface area (Å²) in [6.45, 7) is 3.50. The number of nitrogens with zero attached hydrogens (tertiary/aromatic N) is 2. The number of H-pyrrole nitrogens is 1. The van der Waals surface area contributed by atoms with Crippen molar-refractivity contribution >= 4 is 5.97 Å². The Hall–Kier alpha value is -2.39. The molecule has 0 spiro atoms. The Morgan fingerprint density at radius 3 is 2.73 bits per heavy atom. The second-order valence-electron chi connectivity index (χ2n) is 7.06. The van der Waals surface area contributed by atoms with Gasteiger partial charge in [-0.15, -0.1) is 0 Å². The Labute approximate surface area is 149 Å². The lowest BCUT2D eigenvalue weighted by Crippen LogP contribution is -2.37. The fourth-order valence-electron chi connectivity index (χ4n) is 3.67. The number of hydrogen-bond acceptors (Lipinski definition) is 7. The van der Waals surface area contributed by atoms with E-state index in [-0.39, 0.29) is 23.5 Å². The molecule has 0 aromatic carbocycles. The number of aliphatic hydroxyl groups is 2. The molecule has 142 valence electrons. The largest absolute Gasteiger partial charge is 0.462 e. The topological polar surface area (TPSA) is 137 Å². The molecule has 1 fully saturated rings. The van der Waals surface area contributed by atoms with Crippen LogP contribution in [-0.2, 0) is 9.53 Å². The average molecular weight is 365 g/mol. The molecule has 26 heavy (non-hydrogen) atoms. The van der Waals surface area contributed by atoms with Crippen molar-refractivity contribution in [2.45, 2.75) is 51.0 Å². The Bertz CT molecular complexity index is 839. The molecule has 9 nitrogen and oxygen atoms in total. The Balaban J connectivity index is 1.89. The highest BCUT2D eigenvalue weighted by molar-refractivity contribution is 5.71. The molecule has 1 aromatic heterocycles. The quantitative estimate of drug-likeness (QED) is 0.250. The fourth-order valence-corrected chi connectivity index (χ4v) is 3.67. The van der Waals surface area contributed by atoms with E-state index in [4.69, 9.17) is 9.94 Å². The number of carbonyl (C=O) groups excluding carboxylic acids is 1. The average Bonchev–Trinajstić information content (AvgIpc) is 2.86. The van der Waals surface area contributed by atoms with Gasteiger partial charge in [-0.3, -0.25) is 14.3 Å². The molecule has 0 aliphatic heterocycles. The maximum Gasteiger partial charge on any atom is 0.327 e. The van der Waals surface area contributed by atoms with Crippen LogP contribution in [0.4, 0.5) is 0 Å². The summed E-state index contributed by atoms with van der Waals surface area (Å²) in [6, 6.07) is 0.665.